The molecular weight excluding hydrogens is 437 g/mol. The summed E-state index contributed by atoms with van der Waals surface area (Å²) in [6, 6.07) is 10.3. The summed E-state index contributed by atoms with van der Waals surface area (Å²) in [5, 5.41) is 0. The van der Waals surface area contributed by atoms with Crippen LogP contribution in [0.1, 0.15) is 62.3 Å². The molecule has 4 nitrogen and oxygen atoms in total. The van der Waals surface area contributed by atoms with Crippen molar-refractivity contribution < 1.29 is 18.0 Å². The predicted molar refractivity (Wildman–Crippen MR) is 141 cm³/mol. The van der Waals surface area contributed by atoms with Gasteiger partial charge >= 0.3 is 0 Å². The molecule has 0 aromatic heterocycles. The monoisotopic (exact) mass is 488 g/mol. The van der Waals surface area contributed by atoms with Crippen LogP contribution in [0.5, 0.6) is 0 Å². The van der Waals surface area contributed by atoms with Gasteiger partial charge in [0.1, 0.15) is 12.2 Å². The lowest BCUT2D eigenvalue weighted by atomic mass is 10.1. The third-order valence-corrected chi connectivity index (χ3v) is 22.3. The number of hydrogen-bond donors (Lipinski definition) is 0. The van der Waals surface area contributed by atoms with Gasteiger partial charge in [-0.25, -0.2) is 0 Å². The van der Waals surface area contributed by atoms with E-state index in [1.54, 1.807) is 0 Å². The van der Waals surface area contributed by atoms with Crippen LogP contribution in [0.2, 0.25) is 54.4 Å². The Balaban J connectivity index is 3.21. The Morgan fingerprint density at radius 2 is 1.03 bits per heavy atom. The molecule has 1 rings (SSSR count). The van der Waals surface area contributed by atoms with E-state index in [1.165, 1.54) is 0 Å². The maximum atomic E-state index is 7.09. The Bertz CT molecular complexity index is 492. The highest BCUT2D eigenvalue weighted by Crippen LogP contribution is 2.33. The molecule has 184 valence electrons. The number of hydrogen-bond acceptors (Lipinski definition) is 4. The van der Waals surface area contributed by atoms with Crippen LogP contribution < -0.4 is 0 Å². The minimum absolute atomic E-state index is 0.0219. The topological polar surface area (TPSA) is 36.9 Å². The Morgan fingerprint density at radius 3 is 1.45 bits per heavy atom. The first kappa shape index (κ1) is 29.1. The minimum Gasteiger partial charge on any atom is -0.493 e. The van der Waals surface area contributed by atoms with Gasteiger partial charge in [-0.05, 0) is 60.5 Å². The molecule has 1 heterocycles. The van der Waals surface area contributed by atoms with E-state index >= 15 is 0 Å². The fraction of sp³-hybridized carbons (Fsp3) is 0.917. The largest absolute Gasteiger partial charge is 0.493 e. The summed E-state index contributed by atoms with van der Waals surface area (Å²) < 4.78 is 27.0. The Hall–Kier alpha value is 0.0706. The normalized spacial score (nSPS) is 22.5. The summed E-state index contributed by atoms with van der Waals surface area (Å²) in [5.41, 5.74) is 0. The molecule has 0 aliphatic carbocycles. The van der Waals surface area contributed by atoms with Crippen molar-refractivity contribution in [3.8, 4) is 0 Å². The lowest BCUT2D eigenvalue weighted by Gasteiger charge is -2.44. The van der Waals surface area contributed by atoms with Crippen LogP contribution in [0.25, 0.3) is 0 Å². The van der Waals surface area contributed by atoms with Crippen molar-refractivity contribution in [1.82, 2.24) is 0 Å². The van der Waals surface area contributed by atoms with Gasteiger partial charge in [-0.2, -0.15) is 0 Å². The molecule has 1 aliphatic rings. The van der Waals surface area contributed by atoms with Crippen LogP contribution in [-0.4, -0.2) is 49.9 Å². The second kappa shape index (κ2) is 13.7. The maximum absolute atomic E-state index is 7.09. The molecule has 0 radical (unpaired) electrons. The highest BCUT2D eigenvalue weighted by atomic mass is 28.4. The van der Waals surface area contributed by atoms with E-state index in [0.29, 0.717) is 6.61 Å². The average molecular weight is 489 g/mol. The van der Waals surface area contributed by atoms with Gasteiger partial charge < -0.3 is 18.0 Å². The zero-order valence-electron chi connectivity index (χ0n) is 22.1. The molecule has 0 bridgehead atoms. The van der Waals surface area contributed by atoms with Crippen molar-refractivity contribution in [3.63, 3.8) is 0 Å². The van der Waals surface area contributed by atoms with Crippen LogP contribution in [0.3, 0.4) is 0 Å². The molecule has 0 aromatic carbocycles. The first-order valence-corrected chi connectivity index (χ1v) is 20.7. The second-order valence-electron chi connectivity index (χ2n) is 9.21. The molecule has 0 amide bonds. The Kier molecular flexibility index (Phi) is 12.9. The minimum atomic E-state index is -1.82. The van der Waals surface area contributed by atoms with E-state index in [-0.39, 0.29) is 18.3 Å². The van der Waals surface area contributed by atoms with Gasteiger partial charge in [0, 0.05) is 0 Å². The van der Waals surface area contributed by atoms with E-state index in [9.17, 15) is 0 Å². The predicted octanol–water partition coefficient (Wildman–Crippen LogP) is 7.70. The van der Waals surface area contributed by atoms with E-state index in [1.807, 2.05) is 6.26 Å². The summed E-state index contributed by atoms with van der Waals surface area (Å²) in [5.74, 6) is 0. The Labute approximate surface area is 196 Å². The molecule has 31 heavy (non-hydrogen) atoms. The third kappa shape index (κ3) is 7.27. The zero-order valence-corrected chi connectivity index (χ0v) is 25.1. The summed E-state index contributed by atoms with van der Waals surface area (Å²) in [7, 11) is -5.27. The highest BCUT2D eigenvalue weighted by Gasteiger charge is 2.44. The molecule has 3 atom stereocenters. The van der Waals surface area contributed by atoms with Crippen molar-refractivity contribution in [3.05, 3.63) is 12.3 Å². The quantitative estimate of drug-likeness (QED) is 0.208. The number of rotatable bonds is 16. The summed E-state index contributed by atoms with van der Waals surface area (Å²) in [4.78, 5) is 0. The van der Waals surface area contributed by atoms with Gasteiger partial charge in [0.15, 0.2) is 25.0 Å². The smallest absolute Gasteiger partial charge is 0.193 e. The first-order chi connectivity index (χ1) is 14.8. The molecule has 0 saturated carbocycles. The lowest BCUT2D eigenvalue weighted by molar-refractivity contribution is -0.0667. The summed E-state index contributed by atoms with van der Waals surface area (Å²) in [6.07, 6.45) is 3.81. The molecule has 1 aliphatic heterocycles. The van der Waals surface area contributed by atoms with Gasteiger partial charge in [-0.1, -0.05) is 62.3 Å². The van der Waals surface area contributed by atoms with Crippen LogP contribution in [0, 0.1) is 0 Å². The van der Waals surface area contributed by atoms with Gasteiger partial charge in [0.05, 0.1) is 19.0 Å². The summed E-state index contributed by atoms with van der Waals surface area (Å²) >= 11 is 0. The molecule has 0 N–H and O–H groups in total. The molecule has 7 heteroatoms. The fourth-order valence-corrected chi connectivity index (χ4v) is 13.2. The SMILES string of the molecule is CC[Si](CC)(CC)OC[C@H]1OC=C[C@@H](O[Si](CC)(CC)CC)[C@@H]1O[Si](CC)(CC)CC. The highest BCUT2D eigenvalue weighted by molar-refractivity contribution is 6.74. The second-order valence-corrected chi connectivity index (χ2v) is 23.4. The molecule has 0 unspecified atom stereocenters. The molecule has 0 spiro atoms. The molecule has 0 fully saturated rings. The third-order valence-electron chi connectivity index (χ3n) is 8.34. The van der Waals surface area contributed by atoms with Gasteiger partial charge in [0.25, 0.3) is 0 Å². The molecular formula is C24H52O4Si3. The molecule has 0 saturated heterocycles. The van der Waals surface area contributed by atoms with Gasteiger partial charge in [0.2, 0.25) is 0 Å². The van der Waals surface area contributed by atoms with Gasteiger partial charge in [-0.3, -0.25) is 0 Å². The van der Waals surface area contributed by atoms with Crippen LogP contribution in [0.4, 0.5) is 0 Å². The van der Waals surface area contributed by atoms with Crippen molar-refractivity contribution in [1.29, 1.82) is 0 Å². The maximum Gasteiger partial charge on any atom is 0.193 e. The van der Waals surface area contributed by atoms with E-state index in [2.05, 4.69) is 68.4 Å². The molecule has 0 aromatic rings. The van der Waals surface area contributed by atoms with Crippen LogP contribution in [-0.2, 0) is 18.0 Å². The van der Waals surface area contributed by atoms with Crippen molar-refractivity contribution in [2.75, 3.05) is 6.61 Å². The van der Waals surface area contributed by atoms with Crippen molar-refractivity contribution in [2.24, 2.45) is 0 Å². The summed E-state index contributed by atoms with van der Waals surface area (Å²) in [6.45, 7) is 21.3. The number of ether oxygens (including phenoxy) is 1. The van der Waals surface area contributed by atoms with Crippen LogP contribution in [0.15, 0.2) is 12.3 Å². The van der Waals surface area contributed by atoms with Gasteiger partial charge in [-0.15, -0.1) is 0 Å². The average Bonchev–Trinajstić information content (AvgIpc) is 2.83. The zero-order chi connectivity index (χ0) is 23.5. The Morgan fingerprint density at radius 1 is 0.613 bits per heavy atom. The van der Waals surface area contributed by atoms with E-state index < -0.39 is 25.0 Å². The standard InChI is InChI=1S/C24H52O4Si3/c1-10-29(11-2,12-3)26-21-23-24(28-31(16-7,17-8)18-9)22(19-20-25-23)27-30(13-4,14-5)15-6/h19-20,22-24H,10-18,21H2,1-9H3/t22-,23-,24+/m1/s1. The first-order valence-electron chi connectivity index (χ1n) is 13.1. The van der Waals surface area contributed by atoms with E-state index in [0.717, 1.165) is 54.4 Å². The lowest BCUT2D eigenvalue weighted by Crippen LogP contribution is -2.56. The van der Waals surface area contributed by atoms with Crippen molar-refractivity contribution in [2.45, 2.75) is 135 Å². The fourth-order valence-electron chi connectivity index (χ4n) is 4.90. The van der Waals surface area contributed by atoms with Crippen molar-refractivity contribution >= 4 is 25.0 Å². The van der Waals surface area contributed by atoms with E-state index in [4.69, 9.17) is 18.0 Å². The van der Waals surface area contributed by atoms with Crippen LogP contribution >= 0.6 is 0 Å².